The number of fused-ring (bicyclic) bond motifs is 1. The van der Waals surface area contributed by atoms with Gasteiger partial charge in [0.2, 0.25) is 0 Å². The van der Waals surface area contributed by atoms with E-state index in [0.29, 0.717) is 41.0 Å². The van der Waals surface area contributed by atoms with Crippen molar-refractivity contribution in [2.75, 3.05) is 24.6 Å². The molecule has 3 saturated carbocycles. The number of pyridine rings is 1. The molecule has 2 aromatic rings. The Kier molecular flexibility index (Phi) is 5.21. The highest BCUT2D eigenvalue weighted by atomic mass is 32.2. The Bertz CT molecular complexity index is 1230. The van der Waals surface area contributed by atoms with E-state index < -0.39 is 21.7 Å². The van der Waals surface area contributed by atoms with Crippen molar-refractivity contribution < 1.29 is 21.6 Å². The van der Waals surface area contributed by atoms with Gasteiger partial charge in [-0.2, -0.15) is 18.3 Å². The lowest BCUT2D eigenvalue weighted by molar-refractivity contribution is -0.141. The van der Waals surface area contributed by atoms with Crippen LogP contribution in [0.25, 0.3) is 11.4 Å². The van der Waals surface area contributed by atoms with E-state index in [-0.39, 0.29) is 17.2 Å². The van der Waals surface area contributed by atoms with Gasteiger partial charge < -0.3 is 4.90 Å². The molecule has 1 unspecified atom stereocenters. The van der Waals surface area contributed by atoms with Gasteiger partial charge >= 0.3 is 6.18 Å². The molecular weight excluding hydrogens is 477 g/mol. The molecule has 2 aromatic heterocycles. The zero-order valence-corrected chi connectivity index (χ0v) is 20.8. The number of hydrogen-bond acceptors (Lipinski definition) is 5. The molecule has 6 nitrogen and oxygen atoms in total. The summed E-state index contributed by atoms with van der Waals surface area (Å²) in [5, 5.41) is 4.71. The van der Waals surface area contributed by atoms with Crippen LogP contribution in [0.2, 0.25) is 0 Å². The van der Waals surface area contributed by atoms with Gasteiger partial charge in [-0.25, -0.2) is 13.4 Å². The standard InChI is InChI=1S/C25H31F3N4O2S/c1-15(2)32-21(12-19(30-32)18-4-3-5-22(29-18)25(26,27)28)23-16-10-17(23)20(11-16)31-8-6-24(7-9-31)13-35(33,34)14-24/h3-5,12,15-17,20,23H,6-11,13-14H2,1-2H3/t16-,17?,20+,23-/m0/s1. The molecule has 2 bridgehead atoms. The van der Waals surface area contributed by atoms with Crippen LogP contribution >= 0.6 is 0 Å². The monoisotopic (exact) mass is 508 g/mol. The van der Waals surface area contributed by atoms with Gasteiger partial charge in [-0.15, -0.1) is 0 Å². The third kappa shape index (κ3) is 3.91. The molecule has 2 saturated heterocycles. The summed E-state index contributed by atoms with van der Waals surface area (Å²) in [4.78, 5) is 6.43. The average Bonchev–Trinajstić information content (AvgIpc) is 3.46. The zero-order chi connectivity index (χ0) is 24.8. The zero-order valence-electron chi connectivity index (χ0n) is 20.0. The van der Waals surface area contributed by atoms with Crippen LogP contribution in [0.4, 0.5) is 13.2 Å². The highest BCUT2D eigenvalue weighted by molar-refractivity contribution is 7.92. The molecule has 7 rings (SSSR count). The number of hydrogen-bond donors (Lipinski definition) is 0. The SMILES string of the molecule is CC(C)n1nc(-c2cccc(C(F)(F)F)n2)cc1[C@@H]1C2C[C@H]1C[C@H]2N1CCC2(CC1)CS(=O)(=O)C2. The molecule has 10 heteroatoms. The maximum atomic E-state index is 13.2. The van der Waals surface area contributed by atoms with Crippen LogP contribution in [0.15, 0.2) is 24.3 Å². The maximum absolute atomic E-state index is 13.2. The first-order valence-corrected chi connectivity index (χ1v) is 14.4. The number of sulfone groups is 1. The number of piperidine rings is 1. The lowest BCUT2D eigenvalue weighted by Crippen LogP contribution is -2.56. The predicted molar refractivity (Wildman–Crippen MR) is 125 cm³/mol. The summed E-state index contributed by atoms with van der Waals surface area (Å²) in [5.41, 5.74) is 0.965. The van der Waals surface area contributed by atoms with E-state index in [0.717, 1.165) is 44.1 Å². The highest BCUT2D eigenvalue weighted by Gasteiger charge is 2.58. The van der Waals surface area contributed by atoms with Crippen LogP contribution in [0, 0.1) is 17.3 Å². The van der Waals surface area contributed by atoms with E-state index in [4.69, 9.17) is 5.10 Å². The number of halogens is 3. The fourth-order valence-corrected chi connectivity index (χ4v) is 9.60. The van der Waals surface area contributed by atoms with Gasteiger partial charge in [0.05, 0.1) is 17.2 Å². The largest absolute Gasteiger partial charge is 0.433 e. The lowest BCUT2D eigenvalue weighted by atomic mass is 9.69. The minimum atomic E-state index is -4.49. The molecule has 0 N–H and O–H groups in total. The molecule has 190 valence electrons. The second kappa shape index (κ2) is 7.78. The number of alkyl halides is 3. The first-order valence-electron chi connectivity index (χ1n) is 12.5. The van der Waals surface area contributed by atoms with Crippen molar-refractivity contribution in [2.24, 2.45) is 17.3 Å². The smallest absolute Gasteiger partial charge is 0.300 e. The molecule has 0 aromatic carbocycles. The quantitative estimate of drug-likeness (QED) is 0.606. The van der Waals surface area contributed by atoms with E-state index >= 15 is 0 Å². The Morgan fingerprint density at radius 1 is 1.09 bits per heavy atom. The topological polar surface area (TPSA) is 68.1 Å². The van der Waals surface area contributed by atoms with Crippen molar-refractivity contribution >= 4 is 9.84 Å². The summed E-state index contributed by atoms with van der Waals surface area (Å²) in [5.74, 6) is 2.13. The predicted octanol–water partition coefficient (Wildman–Crippen LogP) is 4.55. The number of nitrogens with zero attached hydrogens (tertiary/aromatic N) is 4. The summed E-state index contributed by atoms with van der Waals surface area (Å²) in [6, 6.07) is 6.51. The molecule has 2 aliphatic heterocycles. The minimum absolute atomic E-state index is 0.0133. The Balaban J connectivity index is 1.22. The van der Waals surface area contributed by atoms with Crippen molar-refractivity contribution in [3.05, 3.63) is 35.7 Å². The van der Waals surface area contributed by atoms with Crippen molar-refractivity contribution in [2.45, 2.75) is 63.7 Å². The van der Waals surface area contributed by atoms with E-state index in [1.807, 2.05) is 10.7 Å². The van der Waals surface area contributed by atoms with E-state index in [1.165, 1.54) is 12.5 Å². The van der Waals surface area contributed by atoms with Crippen LogP contribution in [0.3, 0.4) is 0 Å². The van der Waals surface area contributed by atoms with Crippen LogP contribution < -0.4 is 0 Å². The van der Waals surface area contributed by atoms with E-state index in [1.54, 1.807) is 6.07 Å². The molecule has 5 aliphatic rings. The summed E-state index contributed by atoms with van der Waals surface area (Å²) in [6.45, 7) is 6.02. The van der Waals surface area contributed by atoms with Gasteiger partial charge in [0.1, 0.15) is 11.4 Å². The van der Waals surface area contributed by atoms with Crippen molar-refractivity contribution in [3.63, 3.8) is 0 Å². The lowest BCUT2D eigenvalue weighted by Gasteiger charge is -2.49. The molecule has 0 radical (unpaired) electrons. The summed E-state index contributed by atoms with van der Waals surface area (Å²) < 4.78 is 65.1. The van der Waals surface area contributed by atoms with Gasteiger partial charge in [-0.05, 0) is 82.7 Å². The summed E-state index contributed by atoms with van der Waals surface area (Å²) in [6.07, 6.45) is -0.274. The van der Waals surface area contributed by atoms with Crippen LogP contribution in [0.1, 0.15) is 62.9 Å². The molecule has 0 amide bonds. The molecular formula is C25H31F3N4O2S. The molecule has 4 atom stereocenters. The van der Waals surface area contributed by atoms with Crippen molar-refractivity contribution in [1.82, 2.24) is 19.7 Å². The normalized spacial score (nSPS) is 31.5. The van der Waals surface area contributed by atoms with Gasteiger partial charge in [0.25, 0.3) is 0 Å². The number of aromatic nitrogens is 3. The Morgan fingerprint density at radius 3 is 2.43 bits per heavy atom. The molecule has 35 heavy (non-hydrogen) atoms. The number of rotatable bonds is 4. The minimum Gasteiger partial charge on any atom is -0.300 e. The molecule has 1 spiro atoms. The first kappa shape index (κ1) is 23.5. The third-order valence-corrected chi connectivity index (χ3v) is 11.0. The van der Waals surface area contributed by atoms with Crippen LogP contribution in [-0.2, 0) is 16.0 Å². The van der Waals surface area contributed by atoms with Gasteiger partial charge in [0.15, 0.2) is 9.84 Å². The van der Waals surface area contributed by atoms with Crippen molar-refractivity contribution in [3.8, 4) is 11.4 Å². The fourth-order valence-electron chi connectivity index (χ4n) is 7.24. The second-order valence-corrected chi connectivity index (χ2v) is 13.5. The van der Waals surface area contributed by atoms with Crippen molar-refractivity contribution in [1.29, 1.82) is 0 Å². The van der Waals surface area contributed by atoms with E-state index in [9.17, 15) is 21.6 Å². The van der Waals surface area contributed by atoms with Gasteiger partial charge in [-0.3, -0.25) is 4.68 Å². The second-order valence-electron chi connectivity index (χ2n) is 11.5. The molecule has 3 aliphatic carbocycles. The average molecular weight is 509 g/mol. The third-order valence-electron chi connectivity index (χ3n) is 8.86. The van der Waals surface area contributed by atoms with Crippen LogP contribution in [0.5, 0.6) is 0 Å². The van der Waals surface area contributed by atoms with E-state index in [2.05, 4.69) is 23.7 Å². The fraction of sp³-hybridized carbons (Fsp3) is 0.680. The van der Waals surface area contributed by atoms with Gasteiger partial charge in [0, 0.05) is 29.1 Å². The van der Waals surface area contributed by atoms with Crippen LogP contribution in [-0.4, -0.2) is 58.7 Å². The van der Waals surface area contributed by atoms with Gasteiger partial charge in [-0.1, -0.05) is 6.07 Å². The maximum Gasteiger partial charge on any atom is 0.433 e. The summed E-state index contributed by atoms with van der Waals surface area (Å²) >= 11 is 0. The Hall–Kier alpha value is -1.94. The Morgan fingerprint density at radius 2 is 1.80 bits per heavy atom. The Labute approximate surface area is 203 Å². The highest BCUT2D eigenvalue weighted by Crippen LogP contribution is 2.61. The first-order chi connectivity index (χ1) is 16.4. The molecule has 5 fully saturated rings. The number of likely N-dealkylation sites (tertiary alicyclic amines) is 1. The molecule has 4 heterocycles. The summed E-state index contributed by atoms with van der Waals surface area (Å²) in [7, 11) is -2.81.